The maximum atomic E-state index is 12.4. The Morgan fingerprint density at radius 2 is 2.04 bits per heavy atom. The molecule has 2 heterocycles. The number of amides is 2. The van der Waals surface area contributed by atoms with Gasteiger partial charge < -0.3 is 15.4 Å². The smallest absolute Gasteiger partial charge is 0.344 e. The van der Waals surface area contributed by atoms with Crippen LogP contribution in [0.2, 0.25) is 0 Å². The molecular weight excluding hydrogens is 362 g/mol. The van der Waals surface area contributed by atoms with E-state index in [0.717, 1.165) is 0 Å². The average Bonchev–Trinajstić information content (AvgIpc) is 3.02. The number of carbonyl (C=O) groups is 3. The van der Waals surface area contributed by atoms with Gasteiger partial charge in [-0.3, -0.25) is 9.59 Å². The van der Waals surface area contributed by atoms with Crippen LogP contribution in [0.3, 0.4) is 0 Å². The van der Waals surface area contributed by atoms with Crippen LogP contribution in [0.1, 0.15) is 33.3 Å². The molecule has 28 heavy (non-hydrogen) atoms. The Kier molecular flexibility index (Phi) is 5.64. The molecular formula is C19H19N5O4. The zero-order valence-corrected chi connectivity index (χ0v) is 15.4. The monoisotopic (exact) mass is 381 g/mol. The van der Waals surface area contributed by atoms with Crippen LogP contribution in [-0.2, 0) is 9.53 Å². The van der Waals surface area contributed by atoms with Crippen LogP contribution in [0.25, 0.3) is 5.65 Å². The van der Waals surface area contributed by atoms with Crippen molar-refractivity contribution in [2.45, 2.75) is 13.8 Å². The average molecular weight is 381 g/mol. The van der Waals surface area contributed by atoms with Crippen LogP contribution < -0.4 is 10.6 Å². The van der Waals surface area contributed by atoms with E-state index in [1.54, 1.807) is 49.6 Å². The summed E-state index contributed by atoms with van der Waals surface area (Å²) in [6, 6.07) is 8.17. The van der Waals surface area contributed by atoms with Crippen molar-refractivity contribution in [1.29, 1.82) is 0 Å². The molecule has 2 N–H and O–H groups in total. The van der Waals surface area contributed by atoms with Gasteiger partial charge in [0.15, 0.2) is 12.3 Å². The van der Waals surface area contributed by atoms with Gasteiger partial charge in [-0.15, -0.1) is 0 Å². The highest BCUT2D eigenvalue weighted by atomic mass is 16.5. The first kappa shape index (κ1) is 19.0. The number of nitrogens with one attached hydrogen (secondary N) is 2. The van der Waals surface area contributed by atoms with E-state index in [-0.39, 0.29) is 11.5 Å². The van der Waals surface area contributed by atoms with Crippen LogP contribution in [0.5, 0.6) is 0 Å². The molecule has 0 aliphatic carbocycles. The van der Waals surface area contributed by atoms with E-state index in [1.165, 1.54) is 4.52 Å². The summed E-state index contributed by atoms with van der Waals surface area (Å²) in [5.74, 6) is -1.44. The first-order chi connectivity index (χ1) is 13.5. The predicted octanol–water partition coefficient (Wildman–Crippen LogP) is 1.58. The highest BCUT2D eigenvalue weighted by Gasteiger charge is 2.20. The summed E-state index contributed by atoms with van der Waals surface area (Å²) < 4.78 is 6.57. The Balaban J connectivity index is 1.63. The molecule has 0 fully saturated rings. The van der Waals surface area contributed by atoms with Gasteiger partial charge in [0.1, 0.15) is 5.56 Å². The summed E-state index contributed by atoms with van der Waals surface area (Å²) in [6.07, 6.45) is 3.21. The topological polar surface area (TPSA) is 115 Å². The quantitative estimate of drug-likeness (QED) is 0.627. The number of aromatic nitrogens is 3. The number of rotatable bonds is 6. The Morgan fingerprint density at radius 3 is 2.82 bits per heavy atom. The summed E-state index contributed by atoms with van der Waals surface area (Å²) >= 11 is 0. The van der Waals surface area contributed by atoms with Crippen molar-refractivity contribution >= 4 is 29.1 Å². The Bertz CT molecular complexity index is 1040. The lowest BCUT2D eigenvalue weighted by atomic mass is 10.2. The summed E-state index contributed by atoms with van der Waals surface area (Å²) in [6.45, 7) is 3.51. The molecule has 0 bridgehead atoms. The van der Waals surface area contributed by atoms with Gasteiger partial charge >= 0.3 is 5.97 Å². The molecule has 9 nitrogen and oxygen atoms in total. The van der Waals surface area contributed by atoms with E-state index in [9.17, 15) is 14.4 Å². The van der Waals surface area contributed by atoms with E-state index >= 15 is 0 Å². The van der Waals surface area contributed by atoms with Crippen molar-refractivity contribution in [3.63, 3.8) is 0 Å². The third-order valence-electron chi connectivity index (χ3n) is 3.85. The Hall–Kier alpha value is -3.75. The van der Waals surface area contributed by atoms with Gasteiger partial charge in [0.05, 0.1) is 5.69 Å². The van der Waals surface area contributed by atoms with Crippen molar-refractivity contribution < 1.29 is 19.1 Å². The molecule has 0 aliphatic rings. The van der Waals surface area contributed by atoms with Crippen molar-refractivity contribution in [2.24, 2.45) is 0 Å². The summed E-state index contributed by atoms with van der Waals surface area (Å²) in [5.41, 5.74) is 1.88. The molecule has 0 spiro atoms. The second kappa shape index (κ2) is 8.30. The fourth-order valence-corrected chi connectivity index (χ4v) is 2.64. The van der Waals surface area contributed by atoms with Crippen LogP contribution in [0, 0.1) is 6.92 Å². The number of benzene rings is 1. The highest BCUT2D eigenvalue weighted by Crippen LogP contribution is 2.14. The number of ether oxygens (including phenoxy) is 1. The molecule has 0 saturated carbocycles. The number of carbonyl (C=O) groups excluding carboxylic acids is 3. The van der Waals surface area contributed by atoms with Crippen LogP contribution in [0.15, 0.2) is 42.7 Å². The van der Waals surface area contributed by atoms with Gasteiger partial charge in [0, 0.05) is 30.2 Å². The van der Waals surface area contributed by atoms with Crippen molar-refractivity contribution in [3.8, 4) is 0 Å². The first-order valence-corrected chi connectivity index (χ1v) is 8.64. The first-order valence-electron chi connectivity index (χ1n) is 8.64. The Morgan fingerprint density at radius 1 is 1.21 bits per heavy atom. The molecule has 0 saturated heterocycles. The van der Waals surface area contributed by atoms with Crippen molar-refractivity contribution in [2.75, 3.05) is 18.5 Å². The number of aryl methyl sites for hydroxylation is 1. The lowest BCUT2D eigenvalue weighted by Crippen LogP contribution is -2.23. The predicted molar refractivity (Wildman–Crippen MR) is 101 cm³/mol. The standard InChI is InChI=1S/C19H19N5O4/c1-3-20-18(26)13-6-4-7-14(10-13)22-15(25)11-28-19(27)16-12(2)23-24-9-5-8-21-17(16)24/h4-10H,3,11H2,1-2H3,(H,20,26)(H,22,25). The zero-order valence-electron chi connectivity index (χ0n) is 15.4. The van der Waals surface area contributed by atoms with E-state index in [4.69, 9.17) is 4.74 Å². The minimum atomic E-state index is -0.683. The second-order valence-corrected chi connectivity index (χ2v) is 5.91. The van der Waals surface area contributed by atoms with Gasteiger partial charge in [-0.05, 0) is 38.1 Å². The third-order valence-corrected chi connectivity index (χ3v) is 3.85. The zero-order chi connectivity index (χ0) is 20.1. The normalized spacial score (nSPS) is 10.5. The molecule has 1 aromatic carbocycles. The number of fused-ring (bicyclic) bond motifs is 1. The maximum Gasteiger partial charge on any atom is 0.344 e. The summed E-state index contributed by atoms with van der Waals surface area (Å²) in [4.78, 5) is 40.5. The van der Waals surface area contributed by atoms with Crippen LogP contribution >= 0.6 is 0 Å². The molecule has 0 aliphatic heterocycles. The molecule has 0 atom stereocenters. The molecule has 3 rings (SSSR count). The summed E-state index contributed by atoms with van der Waals surface area (Å²) in [5, 5.41) is 9.47. The van der Waals surface area contributed by atoms with Crippen molar-refractivity contribution in [3.05, 3.63) is 59.5 Å². The number of esters is 1. The maximum absolute atomic E-state index is 12.4. The number of hydrogen-bond donors (Lipinski definition) is 2. The van der Waals surface area contributed by atoms with E-state index in [0.29, 0.717) is 29.1 Å². The van der Waals surface area contributed by atoms with E-state index in [1.807, 2.05) is 6.92 Å². The van der Waals surface area contributed by atoms with Gasteiger partial charge in [0.25, 0.3) is 11.8 Å². The largest absolute Gasteiger partial charge is 0.452 e. The van der Waals surface area contributed by atoms with Gasteiger partial charge in [-0.25, -0.2) is 14.3 Å². The highest BCUT2D eigenvalue weighted by molar-refractivity contribution is 6.00. The number of hydrogen-bond acceptors (Lipinski definition) is 6. The lowest BCUT2D eigenvalue weighted by molar-refractivity contribution is -0.119. The molecule has 0 unspecified atom stereocenters. The fourth-order valence-electron chi connectivity index (χ4n) is 2.64. The second-order valence-electron chi connectivity index (χ2n) is 5.91. The van der Waals surface area contributed by atoms with Crippen LogP contribution in [0.4, 0.5) is 5.69 Å². The fraction of sp³-hybridized carbons (Fsp3) is 0.211. The van der Waals surface area contributed by atoms with E-state index in [2.05, 4.69) is 20.7 Å². The number of anilines is 1. The minimum absolute atomic E-state index is 0.214. The molecule has 144 valence electrons. The SMILES string of the molecule is CCNC(=O)c1cccc(NC(=O)COC(=O)c2c(C)nn3cccnc23)c1. The molecule has 9 heteroatoms. The Labute approximate surface area is 160 Å². The molecule has 3 aromatic rings. The van der Waals surface area contributed by atoms with Gasteiger partial charge in [-0.1, -0.05) is 6.07 Å². The van der Waals surface area contributed by atoms with Gasteiger partial charge in [0.2, 0.25) is 0 Å². The number of nitrogens with zero attached hydrogens (tertiary/aromatic N) is 3. The third kappa shape index (κ3) is 4.14. The van der Waals surface area contributed by atoms with Crippen molar-refractivity contribution in [1.82, 2.24) is 19.9 Å². The molecule has 2 aromatic heterocycles. The molecule has 2 amide bonds. The molecule has 0 radical (unpaired) electrons. The van der Waals surface area contributed by atoms with Gasteiger partial charge in [-0.2, -0.15) is 5.10 Å². The minimum Gasteiger partial charge on any atom is -0.452 e. The van der Waals surface area contributed by atoms with Crippen LogP contribution in [-0.4, -0.2) is 45.5 Å². The van der Waals surface area contributed by atoms with E-state index < -0.39 is 18.5 Å². The lowest BCUT2D eigenvalue weighted by Gasteiger charge is -2.08. The summed E-state index contributed by atoms with van der Waals surface area (Å²) in [7, 11) is 0.